The van der Waals surface area contributed by atoms with Crippen LogP contribution in [0.25, 0.3) is 0 Å². The van der Waals surface area contributed by atoms with Gasteiger partial charge in [-0.15, -0.1) is 0 Å². The normalized spacial score (nSPS) is 20.5. The van der Waals surface area contributed by atoms with Crippen molar-refractivity contribution in [1.82, 2.24) is 10.4 Å². The number of benzene rings is 1. The Morgan fingerprint density at radius 3 is 2.95 bits per heavy atom. The molecular formula is C15H22N2O3. The van der Waals surface area contributed by atoms with E-state index in [9.17, 15) is 9.90 Å². The fourth-order valence-electron chi connectivity index (χ4n) is 2.41. The predicted octanol–water partition coefficient (Wildman–Crippen LogP) is 1.92. The first-order chi connectivity index (χ1) is 9.66. The SMILES string of the molecule is CC(O)C1CCCN(C(=O)NOCc2ccccc2)C1. The highest BCUT2D eigenvalue weighted by Crippen LogP contribution is 2.19. The van der Waals surface area contributed by atoms with E-state index in [0.29, 0.717) is 19.7 Å². The molecule has 1 saturated heterocycles. The number of carbonyl (C=O) groups is 1. The zero-order valence-corrected chi connectivity index (χ0v) is 11.8. The number of rotatable bonds is 4. The number of nitrogens with one attached hydrogen (secondary N) is 1. The van der Waals surface area contributed by atoms with Crippen LogP contribution in [0.2, 0.25) is 0 Å². The second kappa shape index (κ2) is 7.26. The minimum absolute atomic E-state index is 0.156. The van der Waals surface area contributed by atoms with Crippen molar-refractivity contribution in [2.75, 3.05) is 13.1 Å². The van der Waals surface area contributed by atoms with Crippen molar-refractivity contribution in [3.63, 3.8) is 0 Å². The number of aliphatic hydroxyl groups is 1. The van der Waals surface area contributed by atoms with E-state index in [0.717, 1.165) is 18.4 Å². The topological polar surface area (TPSA) is 61.8 Å². The van der Waals surface area contributed by atoms with Gasteiger partial charge in [-0.25, -0.2) is 10.3 Å². The Morgan fingerprint density at radius 2 is 2.25 bits per heavy atom. The molecule has 1 aromatic rings. The van der Waals surface area contributed by atoms with Crippen molar-refractivity contribution in [3.8, 4) is 0 Å². The molecule has 1 aliphatic rings. The summed E-state index contributed by atoms with van der Waals surface area (Å²) in [5.41, 5.74) is 3.47. The molecule has 2 rings (SSSR count). The van der Waals surface area contributed by atoms with E-state index in [1.54, 1.807) is 11.8 Å². The average Bonchev–Trinajstić information content (AvgIpc) is 2.48. The molecule has 0 radical (unpaired) electrons. The zero-order valence-electron chi connectivity index (χ0n) is 11.8. The van der Waals surface area contributed by atoms with Crippen molar-refractivity contribution in [3.05, 3.63) is 35.9 Å². The Labute approximate surface area is 119 Å². The molecule has 0 bridgehead atoms. The number of piperidine rings is 1. The van der Waals surface area contributed by atoms with E-state index in [1.165, 1.54) is 0 Å². The lowest BCUT2D eigenvalue weighted by atomic mass is 9.94. The molecule has 0 spiro atoms. The number of hydroxylamine groups is 1. The summed E-state index contributed by atoms with van der Waals surface area (Å²) >= 11 is 0. The van der Waals surface area contributed by atoms with Gasteiger partial charge in [0, 0.05) is 19.0 Å². The first-order valence-corrected chi connectivity index (χ1v) is 7.05. The summed E-state index contributed by atoms with van der Waals surface area (Å²) in [5, 5.41) is 9.61. The molecule has 1 fully saturated rings. The number of hydrogen-bond donors (Lipinski definition) is 2. The van der Waals surface area contributed by atoms with Crippen molar-refractivity contribution in [2.24, 2.45) is 5.92 Å². The smallest absolute Gasteiger partial charge is 0.341 e. The van der Waals surface area contributed by atoms with Gasteiger partial charge in [-0.05, 0) is 25.3 Å². The van der Waals surface area contributed by atoms with Gasteiger partial charge in [0.25, 0.3) is 0 Å². The second-order valence-electron chi connectivity index (χ2n) is 5.27. The average molecular weight is 278 g/mol. The van der Waals surface area contributed by atoms with Crippen LogP contribution in [0.1, 0.15) is 25.3 Å². The maximum atomic E-state index is 12.0. The number of aliphatic hydroxyl groups excluding tert-OH is 1. The molecule has 0 aliphatic carbocycles. The van der Waals surface area contributed by atoms with Gasteiger partial charge in [0.15, 0.2) is 0 Å². The molecule has 1 aliphatic heterocycles. The Kier molecular flexibility index (Phi) is 5.38. The molecule has 1 aromatic carbocycles. The van der Waals surface area contributed by atoms with Gasteiger partial charge in [-0.3, -0.25) is 4.84 Å². The minimum atomic E-state index is -0.379. The third kappa shape index (κ3) is 4.21. The molecule has 20 heavy (non-hydrogen) atoms. The van der Waals surface area contributed by atoms with E-state index in [-0.39, 0.29) is 18.1 Å². The van der Waals surface area contributed by atoms with E-state index >= 15 is 0 Å². The number of amides is 2. The fourth-order valence-corrected chi connectivity index (χ4v) is 2.41. The van der Waals surface area contributed by atoms with Crippen molar-refractivity contribution < 1.29 is 14.7 Å². The molecule has 110 valence electrons. The molecule has 0 aromatic heterocycles. The third-order valence-electron chi connectivity index (χ3n) is 3.67. The Hall–Kier alpha value is -1.59. The van der Waals surface area contributed by atoms with Crippen molar-refractivity contribution in [1.29, 1.82) is 0 Å². The summed E-state index contributed by atoms with van der Waals surface area (Å²) in [6, 6.07) is 9.45. The van der Waals surface area contributed by atoms with Gasteiger partial charge in [-0.1, -0.05) is 30.3 Å². The maximum Gasteiger partial charge on any atom is 0.341 e. The highest BCUT2D eigenvalue weighted by Gasteiger charge is 2.26. The van der Waals surface area contributed by atoms with Crippen molar-refractivity contribution in [2.45, 2.75) is 32.5 Å². The zero-order chi connectivity index (χ0) is 14.4. The van der Waals surface area contributed by atoms with Gasteiger partial charge in [-0.2, -0.15) is 0 Å². The van der Waals surface area contributed by atoms with Crippen LogP contribution in [0.15, 0.2) is 30.3 Å². The van der Waals surface area contributed by atoms with Crippen LogP contribution in [0.3, 0.4) is 0 Å². The van der Waals surface area contributed by atoms with Gasteiger partial charge >= 0.3 is 6.03 Å². The van der Waals surface area contributed by atoms with E-state index in [4.69, 9.17) is 4.84 Å². The van der Waals surface area contributed by atoms with Crippen LogP contribution in [-0.2, 0) is 11.4 Å². The van der Waals surface area contributed by atoms with Gasteiger partial charge in [0.2, 0.25) is 0 Å². The number of likely N-dealkylation sites (tertiary alicyclic amines) is 1. The van der Waals surface area contributed by atoms with E-state index in [1.807, 2.05) is 30.3 Å². The van der Waals surface area contributed by atoms with Crippen molar-refractivity contribution >= 4 is 6.03 Å². The minimum Gasteiger partial charge on any atom is -0.393 e. The number of carbonyl (C=O) groups excluding carboxylic acids is 1. The Balaban J connectivity index is 1.74. The van der Waals surface area contributed by atoms with Crippen LogP contribution >= 0.6 is 0 Å². The van der Waals surface area contributed by atoms with Crippen LogP contribution in [0.4, 0.5) is 4.79 Å². The Morgan fingerprint density at radius 1 is 1.50 bits per heavy atom. The third-order valence-corrected chi connectivity index (χ3v) is 3.67. The summed E-state index contributed by atoms with van der Waals surface area (Å²) in [7, 11) is 0. The molecule has 2 amide bonds. The maximum absolute atomic E-state index is 12.0. The molecule has 2 unspecified atom stereocenters. The summed E-state index contributed by atoms with van der Waals surface area (Å²) in [4.78, 5) is 18.9. The Bertz CT molecular complexity index is 422. The fraction of sp³-hybridized carbons (Fsp3) is 0.533. The highest BCUT2D eigenvalue weighted by atomic mass is 16.7. The second-order valence-corrected chi connectivity index (χ2v) is 5.27. The lowest BCUT2D eigenvalue weighted by molar-refractivity contribution is 0.0229. The lowest BCUT2D eigenvalue weighted by Crippen LogP contribution is -2.47. The largest absolute Gasteiger partial charge is 0.393 e. The molecule has 5 nitrogen and oxygen atoms in total. The summed E-state index contributed by atoms with van der Waals surface area (Å²) in [6.45, 7) is 3.42. The summed E-state index contributed by atoms with van der Waals surface area (Å²) < 4.78 is 0. The van der Waals surface area contributed by atoms with E-state index in [2.05, 4.69) is 5.48 Å². The van der Waals surface area contributed by atoms with Crippen LogP contribution in [0, 0.1) is 5.92 Å². The highest BCUT2D eigenvalue weighted by molar-refractivity contribution is 5.73. The van der Waals surface area contributed by atoms with Gasteiger partial charge in [0.1, 0.15) is 0 Å². The number of hydrogen-bond acceptors (Lipinski definition) is 3. The monoisotopic (exact) mass is 278 g/mol. The molecule has 0 saturated carbocycles. The van der Waals surface area contributed by atoms with Gasteiger partial charge < -0.3 is 10.0 Å². The van der Waals surface area contributed by atoms with Gasteiger partial charge in [0.05, 0.1) is 12.7 Å². The number of urea groups is 1. The molecule has 2 N–H and O–H groups in total. The van der Waals surface area contributed by atoms with Crippen LogP contribution < -0.4 is 5.48 Å². The summed E-state index contributed by atoms with van der Waals surface area (Å²) in [6.07, 6.45) is 1.50. The number of nitrogens with zero attached hydrogens (tertiary/aromatic N) is 1. The van der Waals surface area contributed by atoms with E-state index < -0.39 is 0 Å². The van der Waals surface area contributed by atoms with Crippen LogP contribution in [-0.4, -0.2) is 35.2 Å². The first-order valence-electron chi connectivity index (χ1n) is 7.05. The standard InChI is InChI=1S/C15H22N2O3/c1-12(18)14-8-5-9-17(10-14)15(19)16-20-11-13-6-3-2-4-7-13/h2-4,6-7,12,14,18H,5,8-11H2,1H3,(H,16,19). The molecular weight excluding hydrogens is 256 g/mol. The lowest BCUT2D eigenvalue weighted by Gasteiger charge is -2.33. The molecule has 5 heteroatoms. The molecule has 2 atom stereocenters. The quantitative estimate of drug-likeness (QED) is 0.827. The molecule has 1 heterocycles. The predicted molar refractivity (Wildman–Crippen MR) is 75.7 cm³/mol. The summed E-state index contributed by atoms with van der Waals surface area (Å²) in [5.74, 6) is 0.156. The first kappa shape index (κ1) is 14.8. The van der Waals surface area contributed by atoms with Crippen LogP contribution in [0.5, 0.6) is 0 Å².